The summed E-state index contributed by atoms with van der Waals surface area (Å²) in [5.74, 6) is 0.807. The van der Waals surface area contributed by atoms with E-state index in [4.69, 9.17) is 4.74 Å². The van der Waals surface area contributed by atoms with Gasteiger partial charge in [-0.2, -0.15) is 0 Å². The van der Waals surface area contributed by atoms with Crippen LogP contribution in [0.1, 0.15) is 44.1 Å². The van der Waals surface area contributed by atoms with Gasteiger partial charge in [0.2, 0.25) is 5.91 Å². The Balaban J connectivity index is 1.74. The van der Waals surface area contributed by atoms with Gasteiger partial charge < -0.3 is 15.2 Å². The highest BCUT2D eigenvalue weighted by Gasteiger charge is 2.29. The lowest BCUT2D eigenvalue weighted by molar-refractivity contribution is -0.122. The van der Waals surface area contributed by atoms with Gasteiger partial charge in [0.15, 0.2) is 0 Å². The van der Waals surface area contributed by atoms with Crippen LogP contribution in [0.2, 0.25) is 0 Å². The molecule has 1 aliphatic carbocycles. The molecular weight excluding hydrogens is 266 g/mol. The van der Waals surface area contributed by atoms with E-state index >= 15 is 0 Å². The van der Waals surface area contributed by atoms with Gasteiger partial charge in [-0.25, -0.2) is 0 Å². The second kappa shape index (κ2) is 7.46. The molecule has 0 bridgehead atoms. The van der Waals surface area contributed by atoms with Crippen molar-refractivity contribution in [3.05, 3.63) is 29.8 Å². The van der Waals surface area contributed by atoms with Crippen LogP contribution < -0.4 is 10.1 Å². The fourth-order valence-electron chi connectivity index (χ4n) is 2.82. The highest BCUT2D eigenvalue weighted by molar-refractivity contribution is 5.76. The van der Waals surface area contributed by atoms with E-state index < -0.39 is 5.60 Å². The van der Waals surface area contributed by atoms with Crippen molar-refractivity contribution in [2.24, 2.45) is 0 Å². The molecule has 1 fully saturated rings. The SMILES string of the molecule is COc1cccc(CCC(=O)NCC2(O)CCCCC2)c1. The predicted molar refractivity (Wildman–Crippen MR) is 82.4 cm³/mol. The highest BCUT2D eigenvalue weighted by atomic mass is 16.5. The van der Waals surface area contributed by atoms with Gasteiger partial charge in [0.25, 0.3) is 0 Å². The first-order chi connectivity index (χ1) is 10.1. The fourth-order valence-corrected chi connectivity index (χ4v) is 2.82. The Labute approximate surface area is 126 Å². The maximum atomic E-state index is 11.9. The lowest BCUT2D eigenvalue weighted by Crippen LogP contribution is -2.44. The van der Waals surface area contributed by atoms with Gasteiger partial charge in [0.1, 0.15) is 5.75 Å². The van der Waals surface area contributed by atoms with Crippen LogP contribution in [0, 0.1) is 0 Å². The third kappa shape index (κ3) is 5.05. The van der Waals surface area contributed by atoms with Gasteiger partial charge in [-0.15, -0.1) is 0 Å². The number of hydrogen-bond donors (Lipinski definition) is 2. The first-order valence-electron chi connectivity index (χ1n) is 7.73. The number of aryl methyl sites for hydroxylation is 1. The lowest BCUT2D eigenvalue weighted by atomic mass is 9.85. The van der Waals surface area contributed by atoms with Gasteiger partial charge in [-0.05, 0) is 37.0 Å². The zero-order chi connectivity index (χ0) is 15.1. The van der Waals surface area contributed by atoms with Crippen molar-refractivity contribution in [2.45, 2.75) is 50.5 Å². The highest BCUT2D eigenvalue weighted by Crippen LogP contribution is 2.27. The first kappa shape index (κ1) is 15.8. The standard InChI is InChI=1S/C17H25NO3/c1-21-15-7-5-6-14(12-15)8-9-16(19)18-13-17(20)10-3-2-4-11-17/h5-7,12,20H,2-4,8-11,13H2,1H3,(H,18,19). The van der Waals surface area contributed by atoms with Gasteiger partial charge >= 0.3 is 0 Å². The Morgan fingerprint density at radius 2 is 2.10 bits per heavy atom. The second-order valence-electron chi connectivity index (χ2n) is 5.91. The number of hydrogen-bond acceptors (Lipinski definition) is 3. The van der Waals surface area contributed by atoms with Crippen LogP contribution in [0.3, 0.4) is 0 Å². The number of carbonyl (C=O) groups excluding carboxylic acids is 1. The number of amides is 1. The largest absolute Gasteiger partial charge is 0.497 e. The van der Waals surface area contributed by atoms with E-state index in [-0.39, 0.29) is 5.91 Å². The topological polar surface area (TPSA) is 58.6 Å². The smallest absolute Gasteiger partial charge is 0.220 e. The van der Waals surface area contributed by atoms with Crippen LogP contribution in [-0.2, 0) is 11.2 Å². The molecule has 0 unspecified atom stereocenters. The minimum Gasteiger partial charge on any atom is -0.497 e. The lowest BCUT2D eigenvalue weighted by Gasteiger charge is -2.32. The maximum absolute atomic E-state index is 11.9. The van der Waals surface area contributed by atoms with Crippen molar-refractivity contribution in [2.75, 3.05) is 13.7 Å². The monoisotopic (exact) mass is 291 g/mol. The summed E-state index contributed by atoms with van der Waals surface area (Å²) in [5.41, 5.74) is 0.394. The number of ether oxygens (including phenoxy) is 1. The van der Waals surface area contributed by atoms with Crippen LogP contribution in [0.15, 0.2) is 24.3 Å². The third-order valence-corrected chi connectivity index (χ3v) is 4.17. The van der Waals surface area contributed by atoms with Crippen LogP contribution in [0.25, 0.3) is 0 Å². The average Bonchev–Trinajstić information content (AvgIpc) is 2.52. The summed E-state index contributed by atoms with van der Waals surface area (Å²) in [5, 5.41) is 13.2. The molecule has 0 radical (unpaired) electrons. The van der Waals surface area contributed by atoms with E-state index in [1.54, 1.807) is 7.11 Å². The fraction of sp³-hybridized carbons (Fsp3) is 0.588. The van der Waals surface area contributed by atoms with Gasteiger partial charge in [0, 0.05) is 13.0 Å². The molecule has 2 rings (SSSR count). The summed E-state index contributed by atoms with van der Waals surface area (Å²) >= 11 is 0. The number of benzene rings is 1. The minimum absolute atomic E-state index is 0.00295. The van der Waals surface area contributed by atoms with E-state index in [0.717, 1.165) is 37.0 Å². The molecule has 0 spiro atoms. The molecule has 0 atom stereocenters. The summed E-state index contributed by atoms with van der Waals surface area (Å²) in [6.07, 6.45) is 6.00. The number of methoxy groups -OCH3 is 1. The molecule has 1 saturated carbocycles. The van der Waals surface area contributed by atoms with E-state index in [1.807, 2.05) is 24.3 Å². The van der Waals surface area contributed by atoms with Crippen molar-refractivity contribution in [3.8, 4) is 5.75 Å². The summed E-state index contributed by atoms with van der Waals surface area (Å²) in [6, 6.07) is 7.76. The normalized spacial score (nSPS) is 17.2. The summed E-state index contributed by atoms with van der Waals surface area (Å²) in [4.78, 5) is 11.9. The van der Waals surface area contributed by atoms with Crippen LogP contribution in [-0.4, -0.2) is 30.3 Å². The molecule has 0 heterocycles. The second-order valence-corrected chi connectivity index (χ2v) is 5.91. The Kier molecular flexibility index (Phi) is 5.62. The van der Waals surface area contributed by atoms with Crippen LogP contribution >= 0.6 is 0 Å². The number of carbonyl (C=O) groups is 1. The molecule has 21 heavy (non-hydrogen) atoms. The van der Waals surface area contributed by atoms with Crippen molar-refractivity contribution < 1.29 is 14.6 Å². The molecular formula is C17H25NO3. The third-order valence-electron chi connectivity index (χ3n) is 4.17. The zero-order valence-electron chi connectivity index (χ0n) is 12.7. The van der Waals surface area contributed by atoms with Crippen LogP contribution in [0.5, 0.6) is 5.75 Å². The average molecular weight is 291 g/mol. The van der Waals surface area contributed by atoms with Gasteiger partial charge in [-0.1, -0.05) is 31.4 Å². The quantitative estimate of drug-likeness (QED) is 0.846. The van der Waals surface area contributed by atoms with Gasteiger partial charge in [-0.3, -0.25) is 4.79 Å². The Morgan fingerprint density at radius 3 is 2.81 bits per heavy atom. The van der Waals surface area contributed by atoms with E-state index in [0.29, 0.717) is 19.4 Å². The summed E-state index contributed by atoms with van der Waals surface area (Å²) in [6.45, 7) is 0.379. The van der Waals surface area contributed by atoms with E-state index in [1.165, 1.54) is 6.42 Å². The van der Waals surface area contributed by atoms with Crippen molar-refractivity contribution in [1.29, 1.82) is 0 Å². The predicted octanol–water partition coefficient (Wildman–Crippen LogP) is 2.44. The van der Waals surface area contributed by atoms with Gasteiger partial charge in [0.05, 0.1) is 12.7 Å². The Morgan fingerprint density at radius 1 is 1.33 bits per heavy atom. The molecule has 1 amide bonds. The molecule has 4 nitrogen and oxygen atoms in total. The summed E-state index contributed by atoms with van der Waals surface area (Å²) in [7, 11) is 1.64. The molecule has 0 aromatic heterocycles. The van der Waals surface area contributed by atoms with Crippen molar-refractivity contribution >= 4 is 5.91 Å². The first-order valence-corrected chi connectivity index (χ1v) is 7.73. The molecule has 1 aromatic carbocycles. The van der Waals surface area contributed by atoms with E-state index in [2.05, 4.69) is 5.32 Å². The minimum atomic E-state index is -0.691. The number of aliphatic hydroxyl groups is 1. The zero-order valence-corrected chi connectivity index (χ0v) is 12.7. The van der Waals surface area contributed by atoms with Crippen molar-refractivity contribution in [3.63, 3.8) is 0 Å². The number of nitrogens with one attached hydrogen (secondary N) is 1. The molecule has 4 heteroatoms. The summed E-state index contributed by atoms with van der Waals surface area (Å²) < 4.78 is 5.17. The molecule has 116 valence electrons. The maximum Gasteiger partial charge on any atom is 0.220 e. The molecule has 2 N–H and O–H groups in total. The number of rotatable bonds is 6. The molecule has 0 aliphatic heterocycles. The molecule has 0 saturated heterocycles. The van der Waals surface area contributed by atoms with Crippen molar-refractivity contribution in [1.82, 2.24) is 5.32 Å². The molecule has 1 aliphatic rings. The van der Waals surface area contributed by atoms with E-state index in [9.17, 15) is 9.90 Å². The Hall–Kier alpha value is -1.55. The van der Waals surface area contributed by atoms with Crippen LogP contribution in [0.4, 0.5) is 0 Å². The molecule has 1 aromatic rings. The Bertz CT molecular complexity index is 467.